The van der Waals surface area contributed by atoms with E-state index in [2.05, 4.69) is 22.5 Å². The molecule has 0 aliphatic carbocycles. The molecule has 0 atom stereocenters. The van der Waals surface area contributed by atoms with Gasteiger partial charge in [-0.3, -0.25) is 4.79 Å². The van der Waals surface area contributed by atoms with E-state index in [4.69, 9.17) is 9.47 Å². The van der Waals surface area contributed by atoms with E-state index in [-0.39, 0.29) is 5.91 Å². The molecule has 1 aliphatic heterocycles. The molecule has 0 fully saturated rings. The summed E-state index contributed by atoms with van der Waals surface area (Å²) in [6, 6.07) is 15.1. The van der Waals surface area contributed by atoms with Crippen LogP contribution in [0, 0.1) is 6.92 Å². The molecule has 1 aromatic heterocycles. The third kappa shape index (κ3) is 4.16. The van der Waals surface area contributed by atoms with Crippen molar-refractivity contribution in [2.75, 3.05) is 23.8 Å². The highest BCUT2D eigenvalue weighted by atomic mass is 16.6. The zero-order valence-corrected chi connectivity index (χ0v) is 16.5. The van der Waals surface area contributed by atoms with Crippen molar-refractivity contribution in [2.24, 2.45) is 0 Å². The number of para-hydroxylation sites is 1. The lowest BCUT2D eigenvalue weighted by Crippen LogP contribution is -2.15. The summed E-state index contributed by atoms with van der Waals surface area (Å²) in [4.78, 5) is 17.2. The SMILES string of the molecule is CCc1cccc(C)c1NC(=O)c1ccnc(Nc2ccc3c(c2)OCCO3)c1. The van der Waals surface area contributed by atoms with E-state index in [1.54, 1.807) is 18.3 Å². The van der Waals surface area contributed by atoms with Gasteiger partial charge in [-0.1, -0.05) is 25.1 Å². The number of nitrogens with one attached hydrogen (secondary N) is 2. The molecule has 1 amide bonds. The molecule has 4 rings (SSSR count). The van der Waals surface area contributed by atoms with Gasteiger partial charge in [0.25, 0.3) is 5.91 Å². The average Bonchev–Trinajstić information content (AvgIpc) is 2.75. The fourth-order valence-electron chi connectivity index (χ4n) is 3.30. The van der Waals surface area contributed by atoms with Crippen LogP contribution >= 0.6 is 0 Å². The number of carbonyl (C=O) groups is 1. The number of pyridine rings is 1. The Morgan fingerprint density at radius 3 is 2.72 bits per heavy atom. The van der Waals surface area contributed by atoms with E-state index < -0.39 is 0 Å². The smallest absolute Gasteiger partial charge is 0.255 e. The summed E-state index contributed by atoms with van der Waals surface area (Å²) in [6.45, 7) is 5.16. The summed E-state index contributed by atoms with van der Waals surface area (Å²) in [5.74, 6) is 1.84. The van der Waals surface area contributed by atoms with Gasteiger partial charge in [0.15, 0.2) is 11.5 Å². The van der Waals surface area contributed by atoms with E-state index in [0.717, 1.165) is 34.7 Å². The molecule has 0 radical (unpaired) electrons. The second-order valence-electron chi connectivity index (χ2n) is 6.83. The van der Waals surface area contributed by atoms with E-state index in [1.165, 1.54) is 0 Å². The van der Waals surface area contributed by atoms with Gasteiger partial charge in [-0.25, -0.2) is 4.98 Å². The van der Waals surface area contributed by atoms with Crippen molar-refractivity contribution in [3.05, 3.63) is 71.4 Å². The van der Waals surface area contributed by atoms with Crippen LogP contribution < -0.4 is 20.1 Å². The number of rotatable bonds is 5. The lowest BCUT2D eigenvalue weighted by atomic mass is 10.1. The molecule has 0 unspecified atom stereocenters. The highest BCUT2D eigenvalue weighted by Gasteiger charge is 2.14. The first-order valence-electron chi connectivity index (χ1n) is 9.66. The number of carbonyl (C=O) groups excluding carboxylic acids is 1. The minimum absolute atomic E-state index is 0.165. The Balaban J connectivity index is 1.52. The first-order valence-corrected chi connectivity index (χ1v) is 9.66. The highest BCUT2D eigenvalue weighted by Crippen LogP contribution is 2.33. The zero-order chi connectivity index (χ0) is 20.2. The number of hydrogen-bond acceptors (Lipinski definition) is 5. The van der Waals surface area contributed by atoms with Crippen LogP contribution in [0.2, 0.25) is 0 Å². The first kappa shape index (κ1) is 18.8. The molecule has 2 aromatic carbocycles. The molecular weight excluding hydrogens is 366 g/mol. The van der Waals surface area contributed by atoms with Crippen molar-refractivity contribution in [3.63, 3.8) is 0 Å². The molecule has 3 aromatic rings. The lowest BCUT2D eigenvalue weighted by molar-refractivity contribution is 0.102. The predicted molar refractivity (Wildman–Crippen MR) is 113 cm³/mol. The first-order chi connectivity index (χ1) is 14.1. The summed E-state index contributed by atoms with van der Waals surface area (Å²) in [5, 5.41) is 6.27. The van der Waals surface area contributed by atoms with Gasteiger partial charge in [0.05, 0.1) is 0 Å². The van der Waals surface area contributed by atoms with Crippen LogP contribution in [-0.4, -0.2) is 24.1 Å². The van der Waals surface area contributed by atoms with Gasteiger partial charge in [0.2, 0.25) is 0 Å². The number of amides is 1. The molecule has 0 bridgehead atoms. The Bertz CT molecular complexity index is 1050. The van der Waals surface area contributed by atoms with Crippen LogP contribution in [0.1, 0.15) is 28.4 Å². The minimum Gasteiger partial charge on any atom is -0.486 e. The van der Waals surface area contributed by atoms with Gasteiger partial charge in [-0.2, -0.15) is 0 Å². The van der Waals surface area contributed by atoms with Crippen molar-refractivity contribution in [1.82, 2.24) is 4.98 Å². The summed E-state index contributed by atoms with van der Waals surface area (Å²) >= 11 is 0. The van der Waals surface area contributed by atoms with Gasteiger partial charge in [-0.05, 0) is 48.7 Å². The average molecular weight is 389 g/mol. The lowest BCUT2D eigenvalue weighted by Gasteiger charge is -2.19. The topological polar surface area (TPSA) is 72.5 Å². The largest absolute Gasteiger partial charge is 0.486 e. The monoisotopic (exact) mass is 389 g/mol. The number of benzene rings is 2. The Morgan fingerprint density at radius 2 is 1.90 bits per heavy atom. The minimum atomic E-state index is -0.165. The van der Waals surface area contributed by atoms with Gasteiger partial charge >= 0.3 is 0 Å². The Kier molecular flexibility index (Phi) is 5.33. The Labute approximate surface area is 169 Å². The van der Waals surface area contributed by atoms with Crippen molar-refractivity contribution < 1.29 is 14.3 Å². The number of aromatic nitrogens is 1. The second kappa shape index (κ2) is 8.22. The van der Waals surface area contributed by atoms with Crippen molar-refractivity contribution in [2.45, 2.75) is 20.3 Å². The van der Waals surface area contributed by atoms with Gasteiger partial charge in [0.1, 0.15) is 19.0 Å². The van der Waals surface area contributed by atoms with Crippen LogP contribution in [0.4, 0.5) is 17.2 Å². The Hall–Kier alpha value is -3.54. The third-order valence-corrected chi connectivity index (χ3v) is 4.82. The summed E-state index contributed by atoms with van der Waals surface area (Å²) < 4.78 is 11.2. The molecule has 6 heteroatoms. The maximum atomic E-state index is 12.8. The molecule has 2 N–H and O–H groups in total. The Morgan fingerprint density at radius 1 is 1.07 bits per heavy atom. The molecule has 0 saturated carbocycles. The molecule has 0 spiro atoms. The van der Waals surface area contributed by atoms with Crippen molar-refractivity contribution in [1.29, 1.82) is 0 Å². The molecule has 1 aliphatic rings. The molecule has 2 heterocycles. The molecule has 29 heavy (non-hydrogen) atoms. The fraction of sp³-hybridized carbons (Fsp3) is 0.217. The van der Waals surface area contributed by atoms with Gasteiger partial charge in [0, 0.05) is 29.2 Å². The number of ether oxygens (including phenoxy) is 2. The molecule has 6 nitrogen and oxygen atoms in total. The second-order valence-corrected chi connectivity index (χ2v) is 6.83. The third-order valence-electron chi connectivity index (χ3n) is 4.82. The molecule has 0 saturated heterocycles. The normalized spacial score (nSPS) is 12.3. The number of anilines is 3. The zero-order valence-electron chi connectivity index (χ0n) is 16.5. The predicted octanol–water partition coefficient (Wildman–Crippen LogP) is 4.72. The maximum Gasteiger partial charge on any atom is 0.255 e. The summed E-state index contributed by atoms with van der Waals surface area (Å²) in [6.07, 6.45) is 2.47. The van der Waals surface area contributed by atoms with Gasteiger partial charge in [-0.15, -0.1) is 0 Å². The van der Waals surface area contributed by atoms with Crippen molar-refractivity contribution >= 4 is 23.1 Å². The van der Waals surface area contributed by atoms with Crippen LogP contribution in [-0.2, 0) is 6.42 Å². The van der Waals surface area contributed by atoms with E-state index in [0.29, 0.717) is 30.3 Å². The van der Waals surface area contributed by atoms with E-state index >= 15 is 0 Å². The van der Waals surface area contributed by atoms with Crippen LogP contribution in [0.25, 0.3) is 0 Å². The number of hydrogen-bond donors (Lipinski definition) is 2. The van der Waals surface area contributed by atoms with Gasteiger partial charge < -0.3 is 20.1 Å². The molecule has 148 valence electrons. The number of fused-ring (bicyclic) bond motifs is 1. The summed E-state index contributed by atoms with van der Waals surface area (Å²) in [5.41, 5.74) is 4.37. The van der Waals surface area contributed by atoms with Crippen LogP contribution in [0.3, 0.4) is 0 Å². The van der Waals surface area contributed by atoms with E-state index in [1.807, 2.05) is 43.3 Å². The quantitative estimate of drug-likeness (QED) is 0.661. The number of aryl methyl sites for hydroxylation is 2. The van der Waals surface area contributed by atoms with Crippen LogP contribution in [0.15, 0.2) is 54.7 Å². The van der Waals surface area contributed by atoms with E-state index in [9.17, 15) is 4.79 Å². The van der Waals surface area contributed by atoms with Crippen molar-refractivity contribution in [3.8, 4) is 11.5 Å². The number of nitrogens with zero attached hydrogens (tertiary/aromatic N) is 1. The highest BCUT2D eigenvalue weighted by molar-refractivity contribution is 6.05. The molecular formula is C23H23N3O3. The fourth-order valence-corrected chi connectivity index (χ4v) is 3.30. The van der Waals surface area contributed by atoms with Crippen LogP contribution in [0.5, 0.6) is 11.5 Å². The maximum absolute atomic E-state index is 12.8. The summed E-state index contributed by atoms with van der Waals surface area (Å²) in [7, 11) is 0. The standard InChI is InChI=1S/C23H23N3O3/c1-3-16-6-4-5-15(2)22(16)26-23(27)17-9-10-24-21(13-17)25-18-7-8-19-20(14-18)29-12-11-28-19/h4-10,13-14H,3,11-12H2,1-2H3,(H,24,25)(H,26,27).